The van der Waals surface area contributed by atoms with Crippen molar-refractivity contribution in [3.8, 4) is 0 Å². The maximum absolute atomic E-state index is 4.48. The molecule has 1 atom stereocenters. The van der Waals surface area contributed by atoms with Crippen molar-refractivity contribution >= 4 is 5.82 Å². The van der Waals surface area contributed by atoms with Crippen molar-refractivity contribution in [2.24, 2.45) is 0 Å². The van der Waals surface area contributed by atoms with Gasteiger partial charge in [0.05, 0.1) is 0 Å². The summed E-state index contributed by atoms with van der Waals surface area (Å²) in [7, 11) is 4.16. The maximum atomic E-state index is 4.48. The zero-order valence-corrected chi connectivity index (χ0v) is 11.0. The quantitative estimate of drug-likeness (QED) is 0.843. The smallest absolute Gasteiger partial charge is 0.128 e. The topological polar surface area (TPSA) is 31.4 Å². The summed E-state index contributed by atoms with van der Waals surface area (Å²) in [6, 6.07) is 4.85. The second kappa shape index (κ2) is 5.47. The summed E-state index contributed by atoms with van der Waals surface area (Å²) in [6.45, 7) is 6.41. The molecule has 0 bridgehead atoms. The fourth-order valence-corrected chi connectivity index (χ4v) is 2.20. The van der Waals surface area contributed by atoms with Gasteiger partial charge in [0.15, 0.2) is 0 Å². The van der Waals surface area contributed by atoms with Crippen LogP contribution in [0.2, 0.25) is 0 Å². The molecule has 1 aromatic rings. The van der Waals surface area contributed by atoms with E-state index in [1.165, 1.54) is 5.56 Å². The predicted octanol–water partition coefficient (Wildman–Crippen LogP) is 0.941. The first-order valence-corrected chi connectivity index (χ1v) is 6.25. The van der Waals surface area contributed by atoms with Gasteiger partial charge < -0.3 is 15.1 Å². The highest BCUT2D eigenvalue weighted by Gasteiger charge is 2.21. The Bertz CT molecular complexity index is 366. The number of aromatic nitrogens is 1. The minimum atomic E-state index is 0.596. The number of likely N-dealkylation sites (N-methyl/N-ethyl adjacent to an activating group) is 1. The van der Waals surface area contributed by atoms with Gasteiger partial charge in [0.1, 0.15) is 5.82 Å². The maximum Gasteiger partial charge on any atom is 0.128 e. The first-order valence-electron chi connectivity index (χ1n) is 6.25. The van der Waals surface area contributed by atoms with Crippen LogP contribution >= 0.6 is 0 Å². The zero-order valence-electron chi connectivity index (χ0n) is 11.0. The molecule has 1 unspecified atom stereocenters. The molecule has 0 spiro atoms. The molecule has 1 N–H and O–H groups in total. The van der Waals surface area contributed by atoms with Gasteiger partial charge in [0, 0.05) is 38.4 Å². The first kappa shape index (κ1) is 12.3. The number of hydrogen-bond acceptors (Lipinski definition) is 4. The van der Waals surface area contributed by atoms with Gasteiger partial charge in [-0.1, -0.05) is 0 Å². The van der Waals surface area contributed by atoms with Gasteiger partial charge in [-0.25, -0.2) is 4.98 Å². The lowest BCUT2D eigenvalue weighted by Crippen LogP contribution is -2.50. The second-order valence-electron chi connectivity index (χ2n) is 4.83. The van der Waals surface area contributed by atoms with Crippen LogP contribution in [-0.4, -0.2) is 49.7 Å². The van der Waals surface area contributed by atoms with Gasteiger partial charge in [-0.05, 0) is 38.7 Å². The number of nitrogens with one attached hydrogen (secondary N) is 1. The van der Waals surface area contributed by atoms with Crippen LogP contribution in [0.4, 0.5) is 5.82 Å². The minimum absolute atomic E-state index is 0.596. The molecule has 1 fully saturated rings. The van der Waals surface area contributed by atoms with E-state index >= 15 is 0 Å². The van der Waals surface area contributed by atoms with Crippen LogP contribution in [-0.2, 0) is 6.54 Å². The van der Waals surface area contributed by atoms with Crippen LogP contribution in [0.25, 0.3) is 0 Å². The van der Waals surface area contributed by atoms with Gasteiger partial charge in [0.2, 0.25) is 0 Å². The molecule has 2 heterocycles. The van der Waals surface area contributed by atoms with E-state index in [2.05, 4.69) is 46.2 Å². The zero-order chi connectivity index (χ0) is 12.3. The molecule has 17 heavy (non-hydrogen) atoms. The van der Waals surface area contributed by atoms with Crippen LogP contribution in [0.5, 0.6) is 0 Å². The van der Waals surface area contributed by atoms with Gasteiger partial charge in [-0.2, -0.15) is 0 Å². The molecule has 0 amide bonds. The summed E-state index contributed by atoms with van der Waals surface area (Å²) in [5, 5.41) is 3.18. The Morgan fingerprint density at radius 2 is 2.29 bits per heavy atom. The number of anilines is 1. The van der Waals surface area contributed by atoms with Crippen molar-refractivity contribution < 1.29 is 0 Å². The largest absolute Gasteiger partial charge is 0.354 e. The Balaban J connectivity index is 2.09. The van der Waals surface area contributed by atoms with Crippen LogP contribution in [0.15, 0.2) is 18.3 Å². The third-order valence-corrected chi connectivity index (χ3v) is 3.47. The highest BCUT2D eigenvalue weighted by Crippen LogP contribution is 2.17. The van der Waals surface area contributed by atoms with E-state index in [1.807, 2.05) is 13.2 Å². The highest BCUT2D eigenvalue weighted by atomic mass is 15.3. The summed E-state index contributed by atoms with van der Waals surface area (Å²) in [5.74, 6) is 1.11. The average molecular weight is 234 g/mol. The molecule has 1 aliphatic rings. The third-order valence-electron chi connectivity index (χ3n) is 3.47. The minimum Gasteiger partial charge on any atom is -0.354 e. The van der Waals surface area contributed by atoms with E-state index in [0.717, 1.165) is 32.0 Å². The molecule has 1 aromatic heterocycles. The molecule has 2 rings (SSSR count). The first-order chi connectivity index (χ1) is 8.20. The van der Waals surface area contributed by atoms with E-state index in [0.29, 0.717) is 6.04 Å². The number of piperazine rings is 1. The number of hydrogen-bond donors (Lipinski definition) is 1. The second-order valence-corrected chi connectivity index (χ2v) is 4.83. The van der Waals surface area contributed by atoms with Crippen molar-refractivity contribution in [1.82, 2.24) is 15.2 Å². The number of pyridine rings is 1. The Morgan fingerprint density at radius 3 is 3.00 bits per heavy atom. The lowest BCUT2D eigenvalue weighted by Gasteiger charge is -2.38. The summed E-state index contributed by atoms with van der Waals surface area (Å²) >= 11 is 0. The summed E-state index contributed by atoms with van der Waals surface area (Å²) in [4.78, 5) is 9.26. The number of rotatable bonds is 3. The molecular formula is C13H22N4. The van der Waals surface area contributed by atoms with Crippen LogP contribution < -0.4 is 10.2 Å². The van der Waals surface area contributed by atoms with Crippen LogP contribution in [0.1, 0.15) is 12.5 Å². The van der Waals surface area contributed by atoms with Crippen molar-refractivity contribution in [3.05, 3.63) is 23.9 Å². The lowest BCUT2D eigenvalue weighted by atomic mass is 10.2. The predicted molar refractivity (Wildman–Crippen MR) is 71.3 cm³/mol. The molecule has 4 heteroatoms. The molecule has 0 aromatic carbocycles. The highest BCUT2D eigenvalue weighted by molar-refractivity contribution is 5.41. The normalized spacial score (nSPS) is 21.8. The van der Waals surface area contributed by atoms with Crippen molar-refractivity contribution in [2.45, 2.75) is 19.5 Å². The van der Waals surface area contributed by atoms with E-state index < -0.39 is 0 Å². The van der Waals surface area contributed by atoms with E-state index in [9.17, 15) is 0 Å². The lowest BCUT2D eigenvalue weighted by molar-refractivity contribution is 0.233. The van der Waals surface area contributed by atoms with Gasteiger partial charge in [0.25, 0.3) is 0 Å². The average Bonchev–Trinajstić information content (AvgIpc) is 2.33. The van der Waals surface area contributed by atoms with Gasteiger partial charge in [-0.15, -0.1) is 0 Å². The summed E-state index contributed by atoms with van der Waals surface area (Å²) in [6.07, 6.45) is 1.91. The fraction of sp³-hybridized carbons (Fsp3) is 0.615. The third kappa shape index (κ3) is 2.96. The summed E-state index contributed by atoms with van der Waals surface area (Å²) in [5.41, 5.74) is 1.30. The molecule has 94 valence electrons. The van der Waals surface area contributed by atoms with E-state index in [-0.39, 0.29) is 0 Å². The number of nitrogens with zero attached hydrogens (tertiary/aromatic N) is 3. The fourth-order valence-electron chi connectivity index (χ4n) is 2.20. The van der Waals surface area contributed by atoms with E-state index in [4.69, 9.17) is 0 Å². The van der Waals surface area contributed by atoms with E-state index in [1.54, 1.807) is 0 Å². The molecule has 1 aliphatic heterocycles. The van der Waals surface area contributed by atoms with Crippen molar-refractivity contribution in [3.63, 3.8) is 0 Å². The summed E-state index contributed by atoms with van der Waals surface area (Å²) < 4.78 is 0. The Kier molecular flexibility index (Phi) is 3.97. The molecule has 1 saturated heterocycles. The molecule has 0 radical (unpaired) electrons. The van der Waals surface area contributed by atoms with Gasteiger partial charge >= 0.3 is 0 Å². The molecule has 4 nitrogen and oxygen atoms in total. The van der Waals surface area contributed by atoms with Crippen LogP contribution in [0.3, 0.4) is 0 Å². The Labute approximate surface area is 104 Å². The molecule has 0 aliphatic carbocycles. The molecule has 0 saturated carbocycles. The Morgan fingerprint density at radius 1 is 1.47 bits per heavy atom. The Hall–Kier alpha value is -1.13. The van der Waals surface area contributed by atoms with Gasteiger partial charge in [-0.3, -0.25) is 0 Å². The van der Waals surface area contributed by atoms with Crippen molar-refractivity contribution in [1.29, 1.82) is 0 Å². The van der Waals surface area contributed by atoms with Crippen LogP contribution in [0, 0.1) is 0 Å². The molecular weight excluding hydrogens is 212 g/mol. The van der Waals surface area contributed by atoms with Crippen molar-refractivity contribution in [2.75, 3.05) is 38.6 Å². The standard InChI is InChI=1S/C13H22N4/c1-11-10-17(7-6-16(11)3)13-8-12(9-14-2)4-5-15-13/h4-5,8,11,14H,6-7,9-10H2,1-3H3. The SMILES string of the molecule is CNCc1ccnc(N2CCN(C)C(C)C2)c1. The monoisotopic (exact) mass is 234 g/mol.